The summed E-state index contributed by atoms with van der Waals surface area (Å²) < 4.78 is 51.0. The van der Waals surface area contributed by atoms with Gasteiger partial charge in [-0.05, 0) is 25.0 Å². The van der Waals surface area contributed by atoms with Crippen LogP contribution in [0.5, 0.6) is 0 Å². The second kappa shape index (κ2) is 26.0. The van der Waals surface area contributed by atoms with Crippen LogP contribution in [0.25, 0.3) is 0 Å². The van der Waals surface area contributed by atoms with E-state index in [1.54, 1.807) is 0 Å². The fraction of sp³-hybridized carbons (Fsp3) is 0.909. The standard InChI is InChI=1S/C44H74N2O30/c1-10-19(45-14-3-12(5-47)20(52)24(56)21(14)53)23(55)32(64)42(68-10)74-37-16(7-49)70-40(30(62)26(37)58)46-15-4-13(6-48)36(25(57)22(15)54)73-35-11(2)69-43(33(65)28(35)60)75-39-18(9-51)72-44(34(66)29(39)61)76-38-17(8-50)71-41(67)31(63)27(38)59/h3-4,10-11,14-67H,5-9H2,1-2H3/t10-,11-,14+,15+,16-,17-,18-,19-,20-,21+,22+,23+,24+,25-,26-,27-,28-,29-,30-,31-,32-,33-,34-,35-,36-,37-,38-,39-,40+,41-,42-,43-,44-/m1/s1. The summed E-state index contributed by atoms with van der Waals surface area (Å²) in [6, 6.07) is -3.71. The molecule has 23 N–H and O–H groups in total. The quantitative estimate of drug-likeness (QED) is 0.0601. The molecule has 7 aliphatic rings. The number of aliphatic hydroxyl groups is 21. The lowest BCUT2D eigenvalue weighted by Crippen LogP contribution is -2.69. The molecule has 5 heterocycles. The lowest BCUT2D eigenvalue weighted by atomic mass is 9.86. The van der Waals surface area contributed by atoms with Crippen LogP contribution >= 0.6 is 0 Å². The predicted molar refractivity (Wildman–Crippen MR) is 239 cm³/mol. The first-order valence-electron chi connectivity index (χ1n) is 24.7. The molecule has 0 spiro atoms. The first kappa shape index (κ1) is 61.8. The molecule has 32 heteroatoms. The SMILES string of the molecule is C[C@H]1O[C@H](O[C@H]2[C@H](O)[C@@H](O)[C@@H](N[C@H]3C=C(CO)[C@@H](O[C@H]4[C@H](O)[C@@H](O)[C@@H](O[C@H]5[C@H](O)[C@@H](O)[C@@H](O[C@H]6[C@H](O)[C@@H](O)[C@H](O)O[C@@H]6CO)O[C@@H]5CO)O[C@@H]4C)[C@H](O)[C@H]3O)O[C@@H]2CO)[C@H](O)[C@@H](O)[C@@H]1N[C@H]1C=C(CO)[C@@H](O)[C@H](O)[C@H]1O. The molecule has 0 bridgehead atoms. The maximum Gasteiger partial charge on any atom is 0.187 e. The van der Waals surface area contributed by atoms with Crippen LogP contribution in [0.3, 0.4) is 0 Å². The van der Waals surface area contributed by atoms with Crippen molar-refractivity contribution in [2.75, 3.05) is 33.0 Å². The van der Waals surface area contributed by atoms with Gasteiger partial charge in [-0.15, -0.1) is 0 Å². The highest BCUT2D eigenvalue weighted by molar-refractivity contribution is 5.24. The van der Waals surface area contributed by atoms with Gasteiger partial charge in [-0.2, -0.15) is 0 Å². The maximum atomic E-state index is 11.4. The van der Waals surface area contributed by atoms with Crippen molar-refractivity contribution in [2.24, 2.45) is 0 Å². The molecule has 0 aromatic rings. The van der Waals surface area contributed by atoms with Crippen molar-refractivity contribution < 1.29 is 150 Å². The van der Waals surface area contributed by atoms with Gasteiger partial charge in [-0.25, -0.2) is 0 Å². The zero-order valence-electron chi connectivity index (χ0n) is 40.8. The summed E-state index contributed by atoms with van der Waals surface area (Å²) in [6.45, 7) is -1.39. The normalized spacial score (nSPS) is 52.5. The van der Waals surface area contributed by atoms with E-state index >= 15 is 0 Å². The molecule has 0 unspecified atom stereocenters. The van der Waals surface area contributed by atoms with Gasteiger partial charge in [0.05, 0.1) is 63.4 Å². The smallest absolute Gasteiger partial charge is 0.187 e. The molecule has 2 aliphatic carbocycles. The first-order valence-corrected chi connectivity index (χ1v) is 24.7. The van der Waals surface area contributed by atoms with Crippen LogP contribution in [0.2, 0.25) is 0 Å². The Morgan fingerprint density at radius 2 is 0.829 bits per heavy atom. The minimum Gasteiger partial charge on any atom is -0.394 e. The molecule has 5 saturated heterocycles. The van der Waals surface area contributed by atoms with Gasteiger partial charge in [0.15, 0.2) is 25.2 Å². The Balaban J connectivity index is 0.950. The molecule has 0 saturated carbocycles. The van der Waals surface area contributed by atoms with Crippen molar-refractivity contribution in [3.8, 4) is 0 Å². The van der Waals surface area contributed by atoms with E-state index in [1.807, 2.05) is 0 Å². The number of hydrogen-bond donors (Lipinski definition) is 23. The number of aliphatic hydroxyl groups excluding tert-OH is 21. The predicted octanol–water partition coefficient (Wildman–Crippen LogP) is -13.9. The van der Waals surface area contributed by atoms with Gasteiger partial charge >= 0.3 is 0 Å². The van der Waals surface area contributed by atoms with Gasteiger partial charge in [0.1, 0.15) is 147 Å². The molecule has 7 rings (SSSR count). The summed E-state index contributed by atoms with van der Waals surface area (Å²) in [5, 5.41) is 229. The molecule has 0 amide bonds. The van der Waals surface area contributed by atoms with Crippen LogP contribution in [0.4, 0.5) is 0 Å². The fourth-order valence-corrected chi connectivity index (χ4v) is 10.5. The largest absolute Gasteiger partial charge is 0.394 e. The summed E-state index contributed by atoms with van der Waals surface area (Å²) in [5.41, 5.74) is -0.145. The Morgan fingerprint density at radius 1 is 0.395 bits per heavy atom. The third-order valence-electron chi connectivity index (χ3n) is 15.0. The zero-order chi connectivity index (χ0) is 55.9. The molecule has 76 heavy (non-hydrogen) atoms. The number of ether oxygens (including phenoxy) is 9. The fourth-order valence-electron chi connectivity index (χ4n) is 10.5. The lowest BCUT2D eigenvalue weighted by Gasteiger charge is -2.49. The highest BCUT2D eigenvalue weighted by Gasteiger charge is 2.56. The molecule has 32 nitrogen and oxygen atoms in total. The average molecular weight is 1110 g/mol. The molecule has 0 aromatic carbocycles. The number of rotatable bonds is 17. The van der Waals surface area contributed by atoms with Crippen LogP contribution < -0.4 is 10.6 Å². The Kier molecular flexibility index (Phi) is 21.1. The summed E-state index contributed by atoms with van der Waals surface area (Å²) >= 11 is 0. The van der Waals surface area contributed by atoms with Crippen molar-refractivity contribution in [3.63, 3.8) is 0 Å². The molecule has 0 radical (unpaired) electrons. The summed E-state index contributed by atoms with van der Waals surface area (Å²) in [4.78, 5) is 0. The van der Waals surface area contributed by atoms with Crippen molar-refractivity contribution in [1.82, 2.24) is 10.6 Å². The summed E-state index contributed by atoms with van der Waals surface area (Å²) in [7, 11) is 0. The zero-order valence-corrected chi connectivity index (χ0v) is 40.8. The van der Waals surface area contributed by atoms with Crippen LogP contribution in [-0.2, 0) is 42.6 Å². The molecule has 0 aromatic heterocycles. The van der Waals surface area contributed by atoms with E-state index in [0.717, 1.165) is 0 Å². The minimum absolute atomic E-state index is 0.0165. The Morgan fingerprint density at radius 3 is 1.38 bits per heavy atom. The van der Waals surface area contributed by atoms with E-state index < -0.39 is 235 Å². The number of hydrogen-bond acceptors (Lipinski definition) is 32. The van der Waals surface area contributed by atoms with Gasteiger partial charge in [0, 0.05) is 0 Å². The Bertz CT molecular complexity index is 1910. The monoisotopic (exact) mass is 1110 g/mol. The lowest BCUT2D eigenvalue weighted by molar-refractivity contribution is -0.378. The molecular formula is C44H74N2O30. The van der Waals surface area contributed by atoms with Crippen LogP contribution in [0.15, 0.2) is 23.3 Å². The van der Waals surface area contributed by atoms with Gasteiger partial charge < -0.3 is 155 Å². The van der Waals surface area contributed by atoms with E-state index in [4.69, 9.17) is 42.6 Å². The van der Waals surface area contributed by atoms with E-state index in [1.165, 1.54) is 26.0 Å². The van der Waals surface area contributed by atoms with Gasteiger partial charge in [-0.3, -0.25) is 5.32 Å². The summed E-state index contributed by atoms with van der Waals surface area (Å²) in [5.74, 6) is 0. The topological polar surface area (TPSA) is 532 Å². The highest BCUT2D eigenvalue weighted by Crippen LogP contribution is 2.36. The van der Waals surface area contributed by atoms with Crippen molar-refractivity contribution in [2.45, 2.75) is 216 Å². The van der Waals surface area contributed by atoms with Gasteiger partial charge in [-0.1, -0.05) is 12.2 Å². The second-order valence-electron chi connectivity index (χ2n) is 20.0. The minimum atomic E-state index is -2.04. The van der Waals surface area contributed by atoms with Crippen LogP contribution in [0, 0.1) is 0 Å². The third-order valence-corrected chi connectivity index (χ3v) is 15.0. The van der Waals surface area contributed by atoms with E-state index in [9.17, 15) is 107 Å². The van der Waals surface area contributed by atoms with Gasteiger partial charge in [0.2, 0.25) is 0 Å². The van der Waals surface area contributed by atoms with E-state index in [2.05, 4.69) is 10.6 Å². The molecular weight excluding hydrogens is 1040 g/mol. The molecule has 440 valence electrons. The molecule has 5 aliphatic heterocycles. The van der Waals surface area contributed by atoms with Crippen molar-refractivity contribution in [1.29, 1.82) is 0 Å². The molecule has 33 atom stereocenters. The average Bonchev–Trinajstić information content (AvgIpc) is 3.40. The van der Waals surface area contributed by atoms with Gasteiger partial charge in [0.25, 0.3) is 0 Å². The number of nitrogens with one attached hydrogen (secondary N) is 2. The second-order valence-corrected chi connectivity index (χ2v) is 20.0. The van der Waals surface area contributed by atoms with E-state index in [0.29, 0.717) is 0 Å². The molecule has 5 fully saturated rings. The van der Waals surface area contributed by atoms with Crippen LogP contribution in [-0.4, -0.2) is 342 Å². The van der Waals surface area contributed by atoms with Crippen molar-refractivity contribution in [3.05, 3.63) is 23.3 Å². The Labute approximate surface area is 432 Å². The summed E-state index contributed by atoms with van der Waals surface area (Å²) in [6.07, 6.45) is -49.7. The highest BCUT2D eigenvalue weighted by atomic mass is 16.8. The Hall–Kier alpha value is -1.80. The third kappa shape index (κ3) is 12.3. The van der Waals surface area contributed by atoms with Crippen LogP contribution in [0.1, 0.15) is 13.8 Å². The first-order chi connectivity index (χ1) is 35.9. The van der Waals surface area contributed by atoms with Crippen molar-refractivity contribution >= 4 is 0 Å². The van der Waals surface area contributed by atoms with E-state index in [-0.39, 0.29) is 11.1 Å². The maximum absolute atomic E-state index is 11.4.